The fourth-order valence-corrected chi connectivity index (χ4v) is 3.99. The zero-order valence-corrected chi connectivity index (χ0v) is 11.6. The summed E-state index contributed by atoms with van der Waals surface area (Å²) in [5, 5.41) is 14.0. The van der Waals surface area contributed by atoms with Crippen molar-refractivity contribution in [2.45, 2.75) is 49.8 Å². The predicted molar refractivity (Wildman–Crippen MR) is 72.7 cm³/mol. The highest BCUT2D eigenvalue weighted by Crippen LogP contribution is 2.30. The van der Waals surface area contributed by atoms with Crippen molar-refractivity contribution in [3.63, 3.8) is 0 Å². The lowest BCUT2D eigenvalue weighted by Crippen LogP contribution is -2.51. The third kappa shape index (κ3) is 2.57. The van der Waals surface area contributed by atoms with E-state index in [9.17, 15) is 5.11 Å². The fourth-order valence-electron chi connectivity index (χ4n) is 3.99. The minimum absolute atomic E-state index is 0.437. The van der Waals surface area contributed by atoms with Gasteiger partial charge in [-0.15, -0.1) is 0 Å². The predicted octanol–water partition coefficient (Wildman–Crippen LogP) is 0.269. The molecule has 104 valence electrons. The molecule has 3 saturated heterocycles. The summed E-state index contributed by atoms with van der Waals surface area (Å²) in [5.74, 6) is 0. The Hall–Kier alpha value is -0.160. The van der Waals surface area contributed by atoms with Gasteiger partial charge in [-0.25, -0.2) is 0 Å². The lowest BCUT2D eigenvalue weighted by molar-refractivity contribution is -0.0222. The summed E-state index contributed by atoms with van der Waals surface area (Å²) in [6.07, 6.45) is 5.82. The molecule has 3 aliphatic heterocycles. The van der Waals surface area contributed by atoms with E-state index < -0.39 is 5.60 Å². The first-order valence-electron chi connectivity index (χ1n) is 7.54. The van der Waals surface area contributed by atoms with Crippen molar-refractivity contribution in [1.82, 2.24) is 15.1 Å². The Morgan fingerprint density at radius 1 is 1.17 bits per heavy atom. The Labute approximate surface area is 110 Å². The standard InChI is InChI=1S/C14H27N3O/c1-16-12-2-3-13(16)10-17(9-4-12)11-14(18)5-7-15-8-6-14/h12-13,15,18H,2-11H2,1H3. The number of hydrogen-bond acceptors (Lipinski definition) is 4. The van der Waals surface area contributed by atoms with E-state index in [1.807, 2.05) is 0 Å². The van der Waals surface area contributed by atoms with E-state index in [0.29, 0.717) is 0 Å². The van der Waals surface area contributed by atoms with Crippen LogP contribution >= 0.6 is 0 Å². The van der Waals surface area contributed by atoms with Crippen molar-refractivity contribution in [3.8, 4) is 0 Å². The molecule has 0 aromatic heterocycles. The maximum Gasteiger partial charge on any atom is 0.0798 e. The van der Waals surface area contributed by atoms with E-state index >= 15 is 0 Å². The van der Waals surface area contributed by atoms with Crippen LogP contribution in [0.25, 0.3) is 0 Å². The molecule has 2 bridgehead atoms. The molecule has 3 aliphatic rings. The summed E-state index contributed by atoms with van der Waals surface area (Å²) in [5.41, 5.74) is -0.437. The molecule has 3 fully saturated rings. The third-order valence-corrected chi connectivity index (χ3v) is 5.28. The maximum absolute atomic E-state index is 10.7. The molecule has 0 amide bonds. The van der Waals surface area contributed by atoms with Gasteiger partial charge in [-0.05, 0) is 58.8 Å². The highest BCUT2D eigenvalue weighted by molar-refractivity contribution is 4.94. The summed E-state index contributed by atoms with van der Waals surface area (Å²) in [6.45, 7) is 5.14. The Kier molecular flexibility index (Phi) is 3.63. The van der Waals surface area contributed by atoms with Crippen molar-refractivity contribution in [2.24, 2.45) is 0 Å². The largest absolute Gasteiger partial charge is 0.388 e. The minimum Gasteiger partial charge on any atom is -0.388 e. The summed E-state index contributed by atoms with van der Waals surface area (Å²) in [6, 6.07) is 1.52. The van der Waals surface area contributed by atoms with Gasteiger partial charge in [0.2, 0.25) is 0 Å². The fraction of sp³-hybridized carbons (Fsp3) is 1.00. The molecule has 0 saturated carbocycles. The van der Waals surface area contributed by atoms with Crippen LogP contribution in [0.3, 0.4) is 0 Å². The molecular weight excluding hydrogens is 226 g/mol. The monoisotopic (exact) mass is 253 g/mol. The van der Waals surface area contributed by atoms with E-state index in [-0.39, 0.29) is 0 Å². The molecule has 4 heteroatoms. The molecule has 18 heavy (non-hydrogen) atoms. The molecule has 0 aliphatic carbocycles. The Morgan fingerprint density at radius 3 is 2.67 bits per heavy atom. The number of aliphatic hydroxyl groups is 1. The number of hydrogen-bond donors (Lipinski definition) is 2. The number of likely N-dealkylation sites (tertiary alicyclic amines) is 1. The number of β-amino-alcohol motifs (C(OH)–C–C–N with tert-alkyl or cyclic N) is 1. The van der Waals surface area contributed by atoms with Crippen LogP contribution < -0.4 is 5.32 Å². The normalized spacial score (nSPS) is 37.7. The van der Waals surface area contributed by atoms with Crippen LogP contribution in [-0.2, 0) is 0 Å². The topological polar surface area (TPSA) is 38.7 Å². The molecule has 2 atom stereocenters. The van der Waals surface area contributed by atoms with Gasteiger partial charge in [0.05, 0.1) is 5.60 Å². The molecule has 0 spiro atoms. The maximum atomic E-state index is 10.7. The number of likely N-dealkylation sites (N-methyl/N-ethyl adjacent to an activating group) is 1. The van der Waals surface area contributed by atoms with Crippen molar-refractivity contribution in [1.29, 1.82) is 0 Å². The molecule has 0 aromatic carbocycles. The molecule has 2 unspecified atom stereocenters. The van der Waals surface area contributed by atoms with Gasteiger partial charge in [0, 0.05) is 25.2 Å². The zero-order valence-electron chi connectivity index (χ0n) is 11.6. The molecule has 4 nitrogen and oxygen atoms in total. The summed E-state index contributed by atoms with van der Waals surface area (Å²) in [4.78, 5) is 5.10. The second kappa shape index (κ2) is 5.08. The van der Waals surface area contributed by atoms with E-state index in [1.54, 1.807) is 0 Å². The van der Waals surface area contributed by atoms with Crippen molar-refractivity contribution >= 4 is 0 Å². The number of fused-ring (bicyclic) bond motifs is 2. The highest BCUT2D eigenvalue weighted by Gasteiger charge is 2.37. The van der Waals surface area contributed by atoms with E-state index in [0.717, 1.165) is 51.1 Å². The van der Waals surface area contributed by atoms with Crippen molar-refractivity contribution in [3.05, 3.63) is 0 Å². The molecule has 0 aromatic rings. The van der Waals surface area contributed by atoms with Gasteiger partial charge in [0.1, 0.15) is 0 Å². The Balaban J connectivity index is 1.60. The van der Waals surface area contributed by atoms with E-state index in [2.05, 4.69) is 22.2 Å². The number of rotatable bonds is 2. The second-order valence-corrected chi connectivity index (χ2v) is 6.55. The second-order valence-electron chi connectivity index (χ2n) is 6.55. The van der Waals surface area contributed by atoms with Gasteiger partial charge in [0.15, 0.2) is 0 Å². The Bertz CT molecular complexity index is 291. The first kappa shape index (κ1) is 12.9. The van der Waals surface area contributed by atoms with Crippen LogP contribution in [0.5, 0.6) is 0 Å². The molecular formula is C14H27N3O. The highest BCUT2D eigenvalue weighted by atomic mass is 16.3. The molecule has 3 rings (SSSR count). The van der Waals surface area contributed by atoms with Crippen LogP contribution in [0.4, 0.5) is 0 Å². The summed E-state index contributed by atoms with van der Waals surface area (Å²) >= 11 is 0. The smallest absolute Gasteiger partial charge is 0.0798 e. The zero-order chi connectivity index (χ0) is 12.6. The van der Waals surface area contributed by atoms with Crippen LogP contribution in [0, 0.1) is 0 Å². The van der Waals surface area contributed by atoms with Gasteiger partial charge >= 0.3 is 0 Å². The molecule has 3 heterocycles. The number of nitrogens with zero attached hydrogens (tertiary/aromatic N) is 2. The SMILES string of the molecule is CN1C2CCC1CN(CC1(O)CCNCC1)CC2. The lowest BCUT2D eigenvalue weighted by Gasteiger charge is -2.38. The molecule has 2 N–H and O–H groups in total. The lowest BCUT2D eigenvalue weighted by atomic mass is 9.91. The third-order valence-electron chi connectivity index (χ3n) is 5.28. The van der Waals surface area contributed by atoms with Gasteiger partial charge < -0.3 is 10.4 Å². The average molecular weight is 253 g/mol. The summed E-state index contributed by atoms with van der Waals surface area (Å²) in [7, 11) is 2.28. The van der Waals surface area contributed by atoms with E-state index in [4.69, 9.17) is 0 Å². The molecule has 0 radical (unpaired) electrons. The van der Waals surface area contributed by atoms with E-state index in [1.165, 1.54) is 25.8 Å². The van der Waals surface area contributed by atoms with Crippen LogP contribution in [0.2, 0.25) is 0 Å². The van der Waals surface area contributed by atoms with Crippen LogP contribution in [0.15, 0.2) is 0 Å². The van der Waals surface area contributed by atoms with Crippen LogP contribution in [-0.4, -0.2) is 72.4 Å². The number of nitrogens with one attached hydrogen (secondary N) is 1. The van der Waals surface area contributed by atoms with Gasteiger partial charge in [-0.3, -0.25) is 9.80 Å². The first-order valence-corrected chi connectivity index (χ1v) is 7.54. The number of piperidine rings is 1. The van der Waals surface area contributed by atoms with Crippen molar-refractivity contribution < 1.29 is 5.11 Å². The quantitative estimate of drug-likeness (QED) is 0.741. The average Bonchev–Trinajstić information content (AvgIpc) is 2.59. The van der Waals surface area contributed by atoms with Gasteiger partial charge in [-0.2, -0.15) is 0 Å². The first-order chi connectivity index (χ1) is 8.66. The van der Waals surface area contributed by atoms with Gasteiger partial charge in [0.25, 0.3) is 0 Å². The van der Waals surface area contributed by atoms with Gasteiger partial charge in [-0.1, -0.05) is 0 Å². The summed E-state index contributed by atoms with van der Waals surface area (Å²) < 4.78 is 0. The minimum atomic E-state index is -0.437. The Morgan fingerprint density at radius 2 is 1.89 bits per heavy atom. The van der Waals surface area contributed by atoms with Crippen molar-refractivity contribution in [2.75, 3.05) is 39.8 Å². The van der Waals surface area contributed by atoms with Crippen LogP contribution in [0.1, 0.15) is 32.1 Å².